The van der Waals surface area contributed by atoms with E-state index < -0.39 is 22.0 Å². The summed E-state index contributed by atoms with van der Waals surface area (Å²) in [5, 5.41) is 3.18. The molecule has 2 aliphatic rings. The molecule has 2 aromatic rings. The van der Waals surface area contributed by atoms with Gasteiger partial charge < -0.3 is 19.7 Å². The van der Waals surface area contributed by atoms with E-state index in [4.69, 9.17) is 21.1 Å². The van der Waals surface area contributed by atoms with Crippen LogP contribution in [0.3, 0.4) is 0 Å². The van der Waals surface area contributed by atoms with Crippen molar-refractivity contribution in [1.29, 1.82) is 0 Å². The monoisotopic (exact) mass is 451 g/mol. The van der Waals surface area contributed by atoms with E-state index in [1.807, 2.05) is 24.3 Å². The maximum Gasteiger partial charge on any atom is 0.267 e. The molecule has 8 nitrogen and oxygen atoms in total. The van der Waals surface area contributed by atoms with Crippen LogP contribution >= 0.6 is 11.6 Å². The number of amides is 1. The van der Waals surface area contributed by atoms with Crippen LogP contribution in [0.4, 0.5) is 17.1 Å². The van der Waals surface area contributed by atoms with Gasteiger partial charge in [-0.25, -0.2) is 8.42 Å². The number of nitrogens with one attached hydrogen (secondary N) is 1. The van der Waals surface area contributed by atoms with Gasteiger partial charge in [-0.3, -0.25) is 9.10 Å². The van der Waals surface area contributed by atoms with E-state index in [0.29, 0.717) is 35.4 Å². The van der Waals surface area contributed by atoms with Gasteiger partial charge in [-0.1, -0.05) is 11.6 Å². The van der Waals surface area contributed by atoms with Gasteiger partial charge in [0.2, 0.25) is 10.0 Å². The van der Waals surface area contributed by atoms with Gasteiger partial charge in [0.05, 0.1) is 31.7 Å². The normalized spacial score (nSPS) is 19.1. The topological polar surface area (TPSA) is 88.2 Å². The van der Waals surface area contributed by atoms with E-state index >= 15 is 0 Å². The molecule has 160 valence electrons. The lowest BCUT2D eigenvalue weighted by Crippen LogP contribution is -2.48. The van der Waals surface area contributed by atoms with Crippen molar-refractivity contribution in [3.05, 3.63) is 47.5 Å². The first-order valence-corrected chi connectivity index (χ1v) is 11.7. The Hall–Kier alpha value is -2.49. The molecule has 30 heavy (non-hydrogen) atoms. The highest BCUT2D eigenvalue weighted by Crippen LogP contribution is 2.37. The molecule has 2 heterocycles. The Balaban J connectivity index is 1.49. The summed E-state index contributed by atoms with van der Waals surface area (Å²) < 4.78 is 36.8. The summed E-state index contributed by atoms with van der Waals surface area (Å²) in [4.78, 5) is 15.0. The Labute approximate surface area is 180 Å². The van der Waals surface area contributed by atoms with E-state index in [-0.39, 0.29) is 6.54 Å². The first-order valence-electron chi connectivity index (χ1n) is 9.49. The molecule has 0 bridgehead atoms. The second kappa shape index (κ2) is 8.33. The van der Waals surface area contributed by atoms with Crippen LogP contribution < -0.4 is 19.3 Å². The lowest BCUT2D eigenvalue weighted by molar-refractivity contribution is -0.122. The zero-order valence-corrected chi connectivity index (χ0v) is 17.9. The number of rotatable bonds is 4. The summed E-state index contributed by atoms with van der Waals surface area (Å²) in [5.74, 6) is -0.137. The second-order valence-electron chi connectivity index (χ2n) is 7.15. The van der Waals surface area contributed by atoms with Gasteiger partial charge in [0.15, 0.2) is 6.10 Å². The Kier molecular flexibility index (Phi) is 5.77. The summed E-state index contributed by atoms with van der Waals surface area (Å²) in [5.41, 5.74) is 1.98. The van der Waals surface area contributed by atoms with Crippen molar-refractivity contribution in [3.8, 4) is 5.75 Å². The molecule has 1 unspecified atom stereocenters. The molecular formula is C20H22ClN3O5S. The largest absolute Gasteiger partial charge is 0.476 e. The third kappa shape index (κ3) is 4.48. The standard InChI is InChI=1S/C20H22ClN3O5S/c1-30(26,27)24-13-19(29-18-7-2-14(21)12-17(18)24)20(25)22-15-3-5-16(6-4-15)23-8-10-28-11-9-23/h2-7,12,19H,8-11,13H2,1H3,(H,22,25). The van der Waals surface area contributed by atoms with Crippen molar-refractivity contribution in [2.75, 3.05) is 53.6 Å². The number of hydrogen-bond donors (Lipinski definition) is 1. The van der Waals surface area contributed by atoms with Crippen molar-refractivity contribution < 1.29 is 22.7 Å². The van der Waals surface area contributed by atoms with Crippen LogP contribution in [0, 0.1) is 0 Å². The maximum absolute atomic E-state index is 12.8. The van der Waals surface area contributed by atoms with Crippen LogP contribution in [-0.4, -0.2) is 59.5 Å². The van der Waals surface area contributed by atoms with Crippen molar-refractivity contribution >= 4 is 44.6 Å². The van der Waals surface area contributed by atoms with Crippen LogP contribution in [0.25, 0.3) is 0 Å². The third-order valence-electron chi connectivity index (χ3n) is 4.99. The molecule has 2 aromatic carbocycles. The number of carbonyl (C=O) groups excluding carboxylic acids is 1. The molecule has 4 rings (SSSR count). The average molecular weight is 452 g/mol. The fourth-order valence-electron chi connectivity index (χ4n) is 3.47. The summed E-state index contributed by atoms with van der Waals surface area (Å²) >= 11 is 6.00. The van der Waals surface area contributed by atoms with Crippen molar-refractivity contribution in [3.63, 3.8) is 0 Å². The van der Waals surface area contributed by atoms with Gasteiger partial charge >= 0.3 is 0 Å². The Bertz CT molecular complexity index is 1040. The van der Waals surface area contributed by atoms with Crippen LogP contribution in [0.1, 0.15) is 0 Å². The van der Waals surface area contributed by atoms with Crippen molar-refractivity contribution in [1.82, 2.24) is 0 Å². The highest BCUT2D eigenvalue weighted by molar-refractivity contribution is 7.92. The summed E-state index contributed by atoms with van der Waals surface area (Å²) in [6.45, 7) is 2.91. The van der Waals surface area contributed by atoms with E-state index in [1.54, 1.807) is 12.1 Å². The van der Waals surface area contributed by atoms with E-state index in [9.17, 15) is 13.2 Å². The molecule has 0 aromatic heterocycles. The fraction of sp³-hybridized carbons (Fsp3) is 0.350. The Morgan fingerprint density at radius 3 is 2.50 bits per heavy atom. The molecule has 2 aliphatic heterocycles. The van der Waals surface area contributed by atoms with Crippen LogP contribution in [0.5, 0.6) is 5.75 Å². The summed E-state index contributed by atoms with van der Waals surface area (Å²) in [6.07, 6.45) is 0.0924. The molecule has 1 atom stereocenters. The van der Waals surface area contributed by atoms with Crippen LogP contribution in [0.2, 0.25) is 5.02 Å². The smallest absolute Gasteiger partial charge is 0.267 e. The quantitative estimate of drug-likeness (QED) is 0.767. The van der Waals surface area contributed by atoms with E-state index in [0.717, 1.165) is 29.3 Å². The van der Waals surface area contributed by atoms with E-state index in [2.05, 4.69) is 10.2 Å². The molecule has 0 radical (unpaired) electrons. The van der Waals surface area contributed by atoms with Gasteiger partial charge in [0.25, 0.3) is 5.91 Å². The summed E-state index contributed by atoms with van der Waals surface area (Å²) in [6, 6.07) is 12.2. The Morgan fingerprint density at radius 1 is 1.13 bits per heavy atom. The lowest BCUT2D eigenvalue weighted by Gasteiger charge is -2.34. The van der Waals surface area contributed by atoms with Gasteiger partial charge in [-0.05, 0) is 42.5 Å². The number of ether oxygens (including phenoxy) is 2. The number of morpholine rings is 1. The van der Waals surface area contributed by atoms with Crippen molar-refractivity contribution in [2.45, 2.75) is 6.10 Å². The highest BCUT2D eigenvalue weighted by atomic mass is 35.5. The van der Waals surface area contributed by atoms with Gasteiger partial charge in [0, 0.05) is 29.5 Å². The molecule has 0 aliphatic carbocycles. The van der Waals surface area contributed by atoms with Gasteiger partial charge in [-0.2, -0.15) is 0 Å². The lowest BCUT2D eigenvalue weighted by atomic mass is 10.2. The fourth-order valence-corrected chi connectivity index (χ4v) is 4.55. The van der Waals surface area contributed by atoms with Crippen LogP contribution in [0.15, 0.2) is 42.5 Å². The molecule has 1 fully saturated rings. The Morgan fingerprint density at radius 2 is 1.83 bits per heavy atom. The predicted molar refractivity (Wildman–Crippen MR) is 116 cm³/mol. The number of halogens is 1. The highest BCUT2D eigenvalue weighted by Gasteiger charge is 2.35. The van der Waals surface area contributed by atoms with Gasteiger partial charge in [0.1, 0.15) is 5.75 Å². The zero-order valence-electron chi connectivity index (χ0n) is 16.4. The number of benzene rings is 2. The van der Waals surface area contributed by atoms with Crippen molar-refractivity contribution in [2.24, 2.45) is 0 Å². The number of nitrogens with zero attached hydrogens (tertiary/aromatic N) is 2. The minimum Gasteiger partial charge on any atom is -0.476 e. The zero-order chi connectivity index (χ0) is 21.3. The van der Waals surface area contributed by atoms with Crippen LogP contribution in [-0.2, 0) is 19.6 Å². The second-order valence-corrected chi connectivity index (χ2v) is 9.49. The summed E-state index contributed by atoms with van der Waals surface area (Å²) in [7, 11) is -3.61. The number of carbonyl (C=O) groups is 1. The molecule has 1 amide bonds. The van der Waals surface area contributed by atoms with Gasteiger partial charge in [-0.15, -0.1) is 0 Å². The molecule has 1 N–H and O–H groups in total. The number of fused-ring (bicyclic) bond motifs is 1. The predicted octanol–water partition coefficient (Wildman–Crippen LogP) is 2.34. The number of hydrogen-bond acceptors (Lipinski definition) is 6. The minimum atomic E-state index is -3.61. The van der Waals surface area contributed by atoms with E-state index in [1.165, 1.54) is 6.07 Å². The SMILES string of the molecule is CS(=O)(=O)N1CC(C(=O)Nc2ccc(N3CCOCC3)cc2)Oc2ccc(Cl)cc21. The first kappa shape index (κ1) is 20.8. The molecule has 0 spiro atoms. The molecule has 1 saturated heterocycles. The third-order valence-corrected chi connectivity index (χ3v) is 6.38. The molecule has 10 heteroatoms. The first-order chi connectivity index (χ1) is 14.3. The minimum absolute atomic E-state index is 0.135. The molecule has 0 saturated carbocycles. The number of anilines is 3. The molecular weight excluding hydrogens is 430 g/mol. The maximum atomic E-state index is 12.8. The average Bonchev–Trinajstić information content (AvgIpc) is 2.73. The number of sulfonamides is 1.